The molecule has 0 aliphatic rings. The molecule has 0 fully saturated rings. The standard InChI is InChI=1S/C22H39NO3S3/c1-5-7-8-9-10-11-12-13-14-15-18-28-21(27)29-22(3,4)20(25)26-17-16-23-19(24)6-2/h6H,2,5,7-18H2,1,3-4H3,(H,23,24). The third kappa shape index (κ3) is 16.9. The molecule has 0 heterocycles. The largest absolute Gasteiger partial charge is 0.463 e. The van der Waals surface area contributed by atoms with Crippen molar-refractivity contribution in [3.63, 3.8) is 0 Å². The van der Waals surface area contributed by atoms with Crippen LogP contribution in [0, 0.1) is 0 Å². The molecule has 29 heavy (non-hydrogen) atoms. The van der Waals surface area contributed by atoms with Gasteiger partial charge >= 0.3 is 5.97 Å². The summed E-state index contributed by atoms with van der Waals surface area (Å²) in [6, 6.07) is 0. The molecule has 4 nitrogen and oxygen atoms in total. The van der Waals surface area contributed by atoms with E-state index in [1.54, 1.807) is 11.8 Å². The zero-order valence-electron chi connectivity index (χ0n) is 18.4. The van der Waals surface area contributed by atoms with Crippen molar-refractivity contribution < 1.29 is 14.3 Å². The van der Waals surface area contributed by atoms with E-state index in [9.17, 15) is 9.59 Å². The van der Waals surface area contributed by atoms with E-state index < -0.39 is 4.75 Å². The van der Waals surface area contributed by atoms with Gasteiger partial charge in [0.2, 0.25) is 5.91 Å². The molecular formula is C22H39NO3S3. The summed E-state index contributed by atoms with van der Waals surface area (Å²) in [5.74, 6) is 0.401. The minimum atomic E-state index is -0.732. The van der Waals surface area contributed by atoms with Crippen LogP contribution in [-0.4, -0.2) is 39.1 Å². The molecule has 0 atom stereocenters. The second kappa shape index (κ2) is 18.3. The third-order valence-electron chi connectivity index (χ3n) is 4.37. The number of hydrogen-bond donors (Lipinski definition) is 1. The second-order valence-electron chi connectivity index (χ2n) is 7.52. The van der Waals surface area contributed by atoms with Crippen LogP contribution in [0.25, 0.3) is 0 Å². The zero-order chi connectivity index (χ0) is 22.0. The highest BCUT2D eigenvalue weighted by atomic mass is 32.2. The number of thioether (sulfide) groups is 2. The summed E-state index contributed by atoms with van der Waals surface area (Å²) < 4.78 is 5.28. The Morgan fingerprint density at radius 2 is 1.59 bits per heavy atom. The molecule has 0 aromatic rings. The van der Waals surface area contributed by atoms with Gasteiger partial charge in [-0.25, -0.2) is 0 Å². The molecule has 0 saturated heterocycles. The average Bonchev–Trinajstić information content (AvgIpc) is 2.68. The van der Waals surface area contributed by atoms with Gasteiger partial charge in [-0.2, -0.15) is 0 Å². The number of hydrogen-bond acceptors (Lipinski definition) is 6. The summed E-state index contributed by atoms with van der Waals surface area (Å²) in [5, 5.41) is 2.57. The van der Waals surface area contributed by atoms with Crippen LogP contribution in [0.2, 0.25) is 0 Å². The Labute approximate surface area is 191 Å². The summed E-state index contributed by atoms with van der Waals surface area (Å²) in [6.07, 6.45) is 14.4. The Bertz CT molecular complexity index is 496. The minimum absolute atomic E-state index is 0.140. The number of esters is 1. The summed E-state index contributed by atoms with van der Waals surface area (Å²) >= 11 is 8.46. The molecule has 0 unspecified atom stereocenters. The normalized spacial score (nSPS) is 11.1. The molecule has 0 aromatic heterocycles. The first-order valence-corrected chi connectivity index (χ1v) is 13.0. The molecule has 0 aliphatic heterocycles. The topological polar surface area (TPSA) is 55.4 Å². The van der Waals surface area contributed by atoms with Crippen LogP contribution in [0.15, 0.2) is 12.7 Å². The van der Waals surface area contributed by atoms with Gasteiger partial charge in [-0.1, -0.05) is 95.3 Å². The molecule has 7 heteroatoms. The molecule has 1 N–H and O–H groups in total. The lowest BCUT2D eigenvalue weighted by Crippen LogP contribution is -2.34. The van der Waals surface area contributed by atoms with Crippen LogP contribution in [0.1, 0.15) is 85.0 Å². The van der Waals surface area contributed by atoms with Gasteiger partial charge in [0.05, 0.1) is 6.54 Å². The van der Waals surface area contributed by atoms with Crippen LogP contribution in [0.3, 0.4) is 0 Å². The highest BCUT2D eigenvalue weighted by molar-refractivity contribution is 8.47. The van der Waals surface area contributed by atoms with E-state index in [1.807, 2.05) is 13.8 Å². The smallest absolute Gasteiger partial charge is 0.322 e. The van der Waals surface area contributed by atoms with Crippen molar-refractivity contribution >= 4 is 51.1 Å². The fourth-order valence-corrected chi connectivity index (χ4v) is 5.65. The van der Waals surface area contributed by atoms with Crippen molar-refractivity contribution in [3.8, 4) is 0 Å². The summed E-state index contributed by atoms with van der Waals surface area (Å²) in [4.78, 5) is 23.3. The van der Waals surface area contributed by atoms with Crippen molar-refractivity contribution in [2.45, 2.75) is 89.7 Å². The Hall–Kier alpha value is -0.530. The van der Waals surface area contributed by atoms with Crippen molar-refractivity contribution in [3.05, 3.63) is 12.7 Å². The van der Waals surface area contributed by atoms with Crippen molar-refractivity contribution in [1.29, 1.82) is 0 Å². The van der Waals surface area contributed by atoms with Crippen molar-refractivity contribution in [2.24, 2.45) is 0 Å². The number of carbonyl (C=O) groups is 2. The van der Waals surface area contributed by atoms with Gasteiger partial charge < -0.3 is 10.1 Å². The first-order valence-electron chi connectivity index (χ1n) is 10.8. The lowest BCUT2D eigenvalue weighted by molar-refractivity contribution is -0.145. The molecular weight excluding hydrogens is 422 g/mol. The highest BCUT2D eigenvalue weighted by Gasteiger charge is 2.31. The van der Waals surface area contributed by atoms with Crippen LogP contribution < -0.4 is 5.32 Å². The number of thiocarbonyl (C=S) groups is 1. The summed E-state index contributed by atoms with van der Waals surface area (Å²) in [7, 11) is 0. The number of carbonyl (C=O) groups excluding carboxylic acids is 2. The van der Waals surface area contributed by atoms with Gasteiger partial charge in [0, 0.05) is 0 Å². The first kappa shape index (κ1) is 28.5. The quantitative estimate of drug-likeness (QED) is 0.119. The van der Waals surface area contributed by atoms with E-state index in [2.05, 4.69) is 18.8 Å². The molecule has 0 spiro atoms. The Balaban J connectivity index is 3.74. The molecule has 0 saturated carbocycles. The van der Waals surface area contributed by atoms with Crippen LogP contribution in [0.5, 0.6) is 0 Å². The van der Waals surface area contributed by atoms with Gasteiger partial charge in [-0.3, -0.25) is 9.59 Å². The van der Waals surface area contributed by atoms with Crippen LogP contribution >= 0.6 is 35.7 Å². The van der Waals surface area contributed by atoms with E-state index in [0.717, 1.165) is 15.7 Å². The van der Waals surface area contributed by atoms with E-state index in [4.69, 9.17) is 17.0 Å². The van der Waals surface area contributed by atoms with E-state index in [-0.39, 0.29) is 25.0 Å². The SMILES string of the molecule is C=CC(=O)NCCOC(=O)C(C)(C)SC(=S)SCCCCCCCCCCCC. The summed E-state index contributed by atoms with van der Waals surface area (Å²) in [6.45, 7) is 9.66. The minimum Gasteiger partial charge on any atom is -0.463 e. The van der Waals surface area contributed by atoms with Gasteiger partial charge in [-0.15, -0.1) is 11.8 Å². The molecule has 0 rings (SSSR count). The number of rotatable bonds is 17. The van der Waals surface area contributed by atoms with Crippen molar-refractivity contribution in [2.75, 3.05) is 18.9 Å². The molecule has 0 aliphatic carbocycles. The lowest BCUT2D eigenvalue weighted by Gasteiger charge is -2.22. The average molecular weight is 462 g/mol. The summed E-state index contributed by atoms with van der Waals surface area (Å²) in [5.41, 5.74) is 0. The van der Waals surface area contributed by atoms with E-state index in [1.165, 1.54) is 75.6 Å². The Morgan fingerprint density at radius 1 is 1.03 bits per heavy atom. The van der Waals surface area contributed by atoms with Gasteiger partial charge in [0.15, 0.2) is 0 Å². The monoisotopic (exact) mass is 461 g/mol. The fraction of sp³-hybridized carbons (Fsp3) is 0.773. The second-order valence-corrected chi connectivity index (χ2v) is 11.4. The van der Waals surface area contributed by atoms with Gasteiger partial charge in [0.1, 0.15) is 14.9 Å². The number of amides is 1. The lowest BCUT2D eigenvalue weighted by atomic mass is 10.1. The zero-order valence-corrected chi connectivity index (χ0v) is 20.9. The van der Waals surface area contributed by atoms with Gasteiger partial charge in [-0.05, 0) is 32.1 Å². The fourth-order valence-electron chi connectivity index (χ4n) is 2.59. The maximum Gasteiger partial charge on any atom is 0.322 e. The number of nitrogens with one attached hydrogen (secondary N) is 1. The molecule has 0 aromatic carbocycles. The van der Waals surface area contributed by atoms with Gasteiger partial charge in [0.25, 0.3) is 0 Å². The predicted octanol–water partition coefficient (Wildman–Crippen LogP) is 6.28. The molecule has 0 radical (unpaired) electrons. The van der Waals surface area contributed by atoms with Crippen LogP contribution in [-0.2, 0) is 14.3 Å². The van der Waals surface area contributed by atoms with E-state index >= 15 is 0 Å². The van der Waals surface area contributed by atoms with Crippen LogP contribution in [0.4, 0.5) is 0 Å². The van der Waals surface area contributed by atoms with Crippen molar-refractivity contribution in [1.82, 2.24) is 5.32 Å². The number of unbranched alkanes of at least 4 members (excludes halogenated alkanes) is 9. The highest BCUT2D eigenvalue weighted by Crippen LogP contribution is 2.32. The Kier molecular flexibility index (Phi) is 17.9. The molecule has 1 amide bonds. The maximum absolute atomic E-state index is 12.2. The maximum atomic E-state index is 12.2. The first-order chi connectivity index (χ1) is 13.8. The van der Waals surface area contributed by atoms with E-state index in [0.29, 0.717) is 0 Å². The predicted molar refractivity (Wildman–Crippen MR) is 133 cm³/mol. The Morgan fingerprint density at radius 3 is 2.14 bits per heavy atom. The molecule has 168 valence electrons. The third-order valence-corrected chi connectivity index (χ3v) is 7.15. The number of ether oxygens (including phenoxy) is 1. The molecule has 0 bridgehead atoms.